The van der Waals surface area contributed by atoms with E-state index < -0.39 is 16.7 Å². The number of carbonyl (C=O) groups excluding carboxylic acids is 2. The van der Waals surface area contributed by atoms with Crippen LogP contribution in [0, 0.1) is 24.0 Å². The normalized spacial score (nSPS) is 9.93. The van der Waals surface area contributed by atoms with E-state index >= 15 is 0 Å². The maximum Gasteiger partial charge on any atom is 0.276 e. The van der Waals surface area contributed by atoms with Crippen LogP contribution in [-0.4, -0.2) is 28.5 Å². The number of hydrazine groups is 1. The number of non-ortho nitro benzene ring substituents is 1. The molecule has 0 aliphatic heterocycles. The minimum atomic E-state index is -0.651. The number of hydrogen-bond donors (Lipinski definition) is 3. The van der Waals surface area contributed by atoms with Crippen molar-refractivity contribution in [2.75, 3.05) is 6.61 Å². The zero-order valence-electron chi connectivity index (χ0n) is 15.1. The van der Waals surface area contributed by atoms with Gasteiger partial charge in [0.05, 0.1) is 4.92 Å². The number of benzene rings is 2. The molecule has 9 nitrogen and oxygen atoms in total. The van der Waals surface area contributed by atoms with Gasteiger partial charge in [0, 0.05) is 17.7 Å². The van der Waals surface area contributed by atoms with Crippen LogP contribution in [0.5, 0.6) is 5.75 Å². The van der Waals surface area contributed by atoms with Crippen molar-refractivity contribution in [3.8, 4) is 5.75 Å². The maximum atomic E-state index is 12.1. The molecule has 146 valence electrons. The van der Waals surface area contributed by atoms with Crippen molar-refractivity contribution in [2.24, 2.45) is 0 Å². The molecule has 2 rings (SSSR count). The van der Waals surface area contributed by atoms with Gasteiger partial charge in [-0.2, -0.15) is 0 Å². The highest BCUT2D eigenvalue weighted by molar-refractivity contribution is 7.80. The number of aryl methyl sites for hydroxylation is 2. The largest absolute Gasteiger partial charge is 0.483 e. The SMILES string of the molecule is Cc1cccc(C)c1OCC(=O)NNC(=S)NC(=O)c1cccc([N+](=O)[O-])c1. The van der Waals surface area contributed by atoms with Crippen LogP contribution in [0.1, 0.15) is 21.5 Å². The van der Waals surface area contributed by atoms with Crippen LogP contribution in [0.2, 0.25) is 0 Å². The van der Waals surface area contributed by atoms with E-state index in [0.717, 1.165) is 17.2 Å². The molecule has 0 bridgehead atoms. The van der Waals surface area contributed by atoms with Gasteiger partial charge in [0.25, 0.3) is 17.5 Å². The Morgan fingerprint density at radius 3 is 2.39 bits per heavy atom. The van der Waals surface area contributed by atoms with Gasteiger partial charge in [-0.3, -0.25) is 35.9 Å². The van der Waals surface area contributed by atoms with Gasteiger partial charge >= 0.3 is 0 Å². The molecule has 0 heterocycles. The lowest BCUT2D eigenvalue weighted by atomic mass is 10.1. The Bertz CT molecular complexity index is 912. The number of nitro groups is 1. The molecule has 0 saturated heterocycles. The number of rotatable bonds is 5. The highest BCUT2D eigenvalue weighted by Crippen LogP contribution is 2.21. The predicted octanol–water partition coefficient (Wildman–Crippen LogP) is 1.93. The van der Waals surface area contributed by atoms with Gasteiger partial charge < -0.3 is 4.74 Å². The molecule has 0 spiro atoms. The summed E-state index contributed by atoms with van der Waals surface area (Å²) < 4.78 is 5.50. The molecule has 3 N–H and O–H groups in total. The van der Waals surface area contributed by atoms with E-state index in [0.29, 0.717) is 5.75 Å². The fraction of sp³-hybridized carbons (Fsp3) is 0.167. The van der Waals surface area contributed by atoms with Gasteiger partial charge in [-0.15, -0.1) is 0 Å². The summed E-state index contributed by atoms with van der Waals surface area (Å²) in [6.07, 6.45) is 0. The van der Waals surface area contributed by atoms with E-state index in [1.54, 1.807) is 0 Å². The molecule has 0 aliphatic carbocycles. The van der Waals surface area contributed by atoms with Crippen molar-refractivity contribution in [2.45, 2.75) is 13.8 Å². The molecule has 10 heteroatoms. The topological polar surface area (TPSA) is 123 Å². The third-order valence-electron chi connectivity index (χ3n) is 3.62. The Morgan fingerprint density at radius 2 is 1.75 bits per heavy atom. The smallest absolute Gasteiger partial charge is 0.276 e. The van der Waals surface area contributed by atoms with Crippen molar-refractivity contribution >= 4 is 34.8 Å². The number of amides is 2. The van der Waals surface area contributed by atoms with Crippen LogP contribution in [0.25, 0.3) is 0 Å². The Labute approximate surface area is 166 Å². The van der Waals surface area contributed by atoms with Gasteiger partial charge in [-0.05, 0) is 43.3 Å². The fourth-order valence-electron chi connectivity index (χ4n) is 2.29. The molecule has 0 radical (unpaired) electrons. The second-order valence-corrected chi connectivity index (χ2v) is 6.18. The van der Waals surface area contributed by atoms with Crippen LogP contribution < -0.4 is 20.9 Å². The van der Waals surface area contributed by atoms with Crippen molar-refractivity contribution in [1.82, 2.24) is 16.2 Å². The quantitative estimate of drug-likeness (QED) is 0.397. The van der Waals surface area contributed by atoms with Gasteiger partial charge in [0.15, 0.2) is 11.7 Å². The Kier molecular flexibility index (Phi) is 6.99. The van der Waals surface area contributed by atoms with Crippen LogP contribution in [0.3, 0.4) is 0 Å². The predicted molar refractivity (Wildman–Crippen MR) is 106 cm³/mol. The number of nitrogens with zero attached hydrogens (tertiary/aromatic N) is 1. The third kappa shape index (κ3) is 5.74. The Morgan fingerprint density at radius 1 is 1.11 bits per heavy atom. The lowest BCUT2D eigenvalue weighted by molar-refractivity contribution is -0.384. The summed E-state index contributed by atoms with van der Waals surface area (Å²) in [6, 6.07) is 10.8. The van der Waals surface area contributed by atoms with Crippen molar-refractivity contribution in [3.05, 3.63) is 69.3 Å². The number of thiocarbonyl (C=S) groups is 1. The van der Waals surface area contributed by atoms with Crippen LogP contribution in [0.4, 0.5) is 5.69 Å². The van der Waals surface area contributed by atoms with E-state index in [9.17, 15) is 19.7 Å². The van der Waals surface area contributed by atoms with Gasteiger partial charge in [0.2, 0.25) is 0 Å². The summed E-state index contributed by atoms with van der Waals surface area (Å²) >= 11 is 4.92. The Balaban J connectivity index is 1.81. The monoisotopic (exact) mass is 402 g/mol. The number of hydrogen-bond acceptors (Lipinski definition) is 6. The standard InChI is InChI=1S/C18H18N4O5S/c1-11-5-3-6-12(2)16(11)27-10-15(23)20-21-18(28)19-17(24)13-7-4-8-14(9-13)22(25)26/h3-9H,10H2,1-2H3,(H,20,23)(H2,19,21,24,28). The fourth-order valence-corrected chi connectivity index (χ4v) is 2.44. The second-order valence-electron chi connectivity index (χ2n) is 5.77. The summed E-state index contributed by atoms with van der Waals surface area (Å²) in [6.45, 7) is 3.49. The van der Waals surface area contributed by atoms with E-state index in [-0.39, 0.29) is 23.0 Å². The molecule has 0 saturated carbocycles. The summed E-state index contributed by atoms with van der Waals surface area (Å²) in [7, 11) is 0. The highest BCUT2D eigenvalue weighted by Gasteiger charge is 2.13. The lowest BCUT2D eigenvalue weighted by Gasteiger charge is -2.13. The first-order chi connectivity index (χ1) is 13.3. The van der Waals surface area contributed by atoms with Crippen molar-refractivity contribution in [1.29, 1.82) is 0 Å². The summed E-state index contributed by atoms with van der Waals surface area (Å²) in [5.74, 6) is -0.531. The van der Waals surface area contributed by atoms with Crippen LogP contribution in [0.15, 0.2) is 42.5 Å². The minimum absolute atomic E-state index is 0.0584. The number of nitrogens with one attached hydrogen (secondary N) is 3. The van der Waals surface area contributed by atoms with E-state index in [1.807, 2.05) is 32.0 Å². The first-order valence-corrected chi connectivity index (χ1v) is 8.52. The first kappa shape index (κ1) is 20.8. The number of para-hydroxylation sites is 1. The number of carbonyl (C=O) groups is 2. The van der Waals surface area contributed by atoms with E-state index in [2.05, 4.69) is 16.2 Å². The molecule has 28 heavy (non-hydrogen) atoms. The summed E-state index contributed by atoms with van der Waals surface area (Å²) in [5.41, 5.74) is 6.32. The van der Waals surface area contributed by atoms with E-state index in [1.165, 1.54) is 18.2 Å². The average molecular weight is 402 g/mol. The molecular weight excluding hydrogens is 384 g/mol. The Hall–Kier alpha value is -3.53. The van der Waals surface area contributed by atoms with E-state index in [4.69, 9.17) is 17.0 Å². The molecule has 0 unspecified atom stereocenters. The zero-order chi connectivity index (χ0) is 20.7. The van der Waals surface area contributed by atoms with Crippen molar-refractivity contribution in [3.63, 3.8) is 0 Å². The van der Waals surface area contributed by atoms with Gasteiger partial charge in [-0.25, -0.2) is 0 Å². The molecular formula is C18H18N4O5S. The number of nitro benzene ring substituents is 1. The lowest BCUT2D eigenvalue weighted by Crippen LogP contribution is -2.49. The van der Waals surface area contributed by atoms with Gasteiger partial charge in [0.1, 0.15) is 5.75 Å². The molecule has 0 aromatic heterocycles. The molecule has 0 atom stereocenters. The van der Waals surface area contributed by atoms with Crippen LogP contribution >= 0.6 is 12.2 Å². The average Bonchev–Trinajstić information content (AvgIpc) is 2.66. The molecule has 2 aromatic rings. The molecule has 0 fully saturated rings. The summed E-state index contributed by atoms with van der Waals surface area (Å²) in [5, 5.41) is 12.9. The zero-order valence-corrected chi connectivity index (χ0v) is 16.0. The van der Waals surface area contributed by atoms with Crippen LogP contribution in [-0.2, 0) is 4.79 Å². The molecule has 0 aliphatic rings. The van der Waals surface area contributed by atoms with Gasteiger partial charge in [-0.1, -0.05) is 24.3 Å². The third-order valence-corrected chi connectivity index (χ3v) is 3.82. The molecule has 2 amide bonds. The van der Waals surface area contributed by atoms with Crippen molar-refractivity contribution < 1.29 is 19.2 Å². The summed E-state index contributed by atoms with van der Waals surface area (Å²) in [4.78, 5) is 34.1. The highest BCUT2D eigenvalue weighted by atomic mass is 32.1. The minimum Gasteiger partial charge on any atom is -0.483 e. The number of ether oxygens (including phenoxy) is 1. The second kappa shape index (κ2) is 9.42. The maximum absolute atomic E-state index is 12.1. The first-order valence-electron chi connectivity index (χ1n) is 8.11. The molecule has 2 aromatic carbocycles.